The number of rotatable bonds is 7. The van der Waals surface area contributed by atoms with Gasteiger partial charge in [-0.15, -0.1) is 0 Å². The number of aromatic nitrogens is 3. The molecule has 3 saturated heterocycles. The maximum atomic E-state index is 16.1. The molecule has 3 fully saturated rings. The van der Waals surface area contributed by atoms with Crippen LogP contribution in [0.15, 0.2) is 48.8 Å². The Hall–Kier alpha value is -5.03. The van der Waals surface area contributed by atoms with E-state index in [2.05, 4.69) is 26.4 Å². The Balaban J connectivity index is 1.34. The van der Waals surface area contributed by atoms with E-state index in [9.17, 15) is 23.9 Å². The Labute approximate surface area is 272 Å². The lowest BCUT2D eigenvalue weighted by Crippen LogP contribution is -2.55. The van der Waals surface area contributed by atoms with E-state index in [0.717, 1.165) is 25.5 Å². The smallest absolute Gasteiger partial charge is 0.320 e. The van der Waals surface area contributed by atoms with Crippen LogP contribution in [-0.2, 0) is 4.79 Å². The first-order valence-corrected chi connectivity index (χ1v) is 15.7. The maximum absolute atomic E-state index is 16.1. The van der Waals surface area contributed by atoms with Gasteiger partial charge in [0.15, 0.2) is 11.5 Å². The highest BCUT2D eigenvalue weighted by molar-refractivity contribution is 5.99. The summed E-state index contributed by atoms with van der Waals surface area (Å²) in [6, 6.07) is 9.23. The molecule has 2 aromatic carbocycles. The highest BCUT2D eigenvalue weighted by Gasteiger charge is 2.49. The summed E-state index contributed by atoms with van der Waals surface area (Å²) < 4.78 is 65.7. The summed E-state index contributed by atoms with van der Waals surface area (Å²) in [5.41, 5.74) is -0.768. The number of fused-ring (bicyclic) bond motifs is 3. The Morgan fingerprint density at radius 3 is 2.75 bits per heavy atom. The van der Waals surface area contributed by atoms with Gasteiger partial charge in [0.25, 0.3) is 5.91 Å². The van der Waals surface area contributed by atoms with Gasteiger partial charge in [-0.2, -0.15) is 15.2 Å². The molecule has 0 saturated carbocycles. The lowest BCUT2D eigenvalue weighted by Gasteiger charge is -2.41. The average molecular weight is 662 g/mol. The number of hydrogen-bond donors (Lipinski definition) is 1. The molecule has 5 heterocycles. The number of benzene rings is 2. The number of amides is 1. The fourth-order valence-electron chi connectivity index (χ4n) is 7.44. The molecule has 0 spiro atoms. The van der Waals surface area contributed by atoms with Gasteiger partial charge < -0.3 is 19.6 Å². The topological polar surface area (TPSA) is 119 Å². The molecule has 2 aromatic heterocycles. The van der Waals surface area contributed by atoms with Crippen LogP contribution in [0, 0.1) is 23.0 Å². The van der Waals surface area contributed by atoms with Crippen molar-refractivity contribution < 1.29 is 32.2 Å². The molecule has 48 heavy (non-hydrogen) atoms. The third kappa shape index (κ3) is 5.51. The van der Waals surface area contributed by atoms with E-state index < -0.39 is 41.1 Å². The number of hydrogen-bond acceptors (Lipinski definition) is 9. The number of phenolic OH excluding ortho intramolecular Hbond substituents is 1. The van der Waals surface area contributed by atoms with E-state index in [0.29, 0.717) is 18.4 Å². The van der Waals surface area contributed by atoms with E-state index in [4.69, 9.17) is 4.74 Å². The normalized spacial score (nSPS) is 22.6. The van der Waals surface area contributed by atoms with Gasteiger partial charge in [-0.1, -0.05) is 18.7 Å². The fraction of sp³-hybridized carbons (Fsp3) is 0.382. The average Bonchev–Trinajstić information content (AvgIpc) is 3.58. The standard InChI is InChI=1S/C34H31F4N7O3/c1-19(35)32(47)45-11-10-43(17-22(45)6-8-39)31-25-14-27(38)29(24-13-23(46)12-20-4-2-5-26(37)28(20)24)40-30(25)41-33(42-31)48-18-34-7-3-9-44(34)16-21(36)15-34/h2,4-5,12-14,21-22,46H,1,3,6-7,9-11,15-18H2/t21-,22+,34+/m1/s1. The zero-order valence-electron chi connectivity index (χ0n) is 25.8. The van der Waals surface area contributed by atoms with E-state index in [1.807, 2.05) is 6.07 Å². The molecule has 248 valence electrons. The summed E-state index contributed by atoms with van der Waals surface area (Å²) in [5.74, 6) is -3.56. The summed E-state index contributed by atoms with van der Waals surface area (Å²) >= 11 is 0. The van der Waals surface area contributed by atoms with E-state index in [1.54, 1.807) is 11.0 Å². The number of ether oxygens (including phenoxy) is 1. The largest absolute Gasteiger partial charge is 0.508 e. The first kappa shape index (κ1) is 31.6. The molecule has 4 aromatic rings. The molecular formula is C34H31F4N7O3. The molecule has 0 radical (unpaired) electrons. The molecule has 14 heteroatoms. The number of carbonyl (C=O) groups excluding carboxylic acids is 1. The Kier molecular flexibility index (Phi) is 8.03. The zero-order valence-corrected chi connectivity index (χ0v) is 25.8. The molecule has 1 N–H and O–H groups in total. The van der Waals surface area contributed by atoms with Crippen LogP contribution in [0.25, 0.3) is 33.1 Å². The van der Waals surface area contributed by atoms with Crippen LogP contribution in [0.1, 0.15) is 25.7 Å². The number of phenols is 1. The van der Waals surface area contributed by atoms with Gasteiger partial charge >= 0.3 is 6.01 Å². The lowest BCUT2D eigenvalue weighted by molar-refractivity contribution is -0.131. The quantitative estimate of drug-likeness (QED) is 0.211. The molecule has 7 rings (SSSR count). The lowest BCUT2D eigenvalue weighted by atomic mass is 9.95. The Bertz CT molecular complexity index is 2010. The van der Waals surface area contributed by atoms with Crippen LogP contribution in [0.5, 0.6) is 11.8 Å². The minimum atomic E-state index is -1.15. The summed E-state index contributed by atoms with van der Waals surface area (Å²) in [4.78, 5) is 31.2. The zero-order chi connectivity index (χ0) is 33.7. The summed E-state index contributed by atoms with van der Waals surface area (Å²) in [6.07, 6.45) is 0.847. The van der Waals surface area contributed by atoms with Crippen LogP contribution < -0.4 is 9.64 Å². The molecule has 3 aliphatic heterocycles. The number of pyridine rings is 1. The maximum Gasteiger partial charge on any atom is 0.320 e. The van der Waals surface area contributed by atoms with Gasteiger partial charge in [-0.05, 0) is 49.0 Å². The number of nitriles is 1. The highest BCUT2D eigenvalue weighted by atomic mass is 19.1. The monoisotopic (exact) mass is 661 g/mol. The third-order valence-corrected chi connectivity index (χ3v) is 9.60. The van der Waals surface area contributed by atoms with Crippen molar-refractivity contribution in [1.29, 1.82) is 5.26 Å². The summed E-state index contributed by atoms with van der Waals surface area (Å²) in [5, 5.41) is 20.5. The molecule has 3 aliphatic rings. The van der Waals surface area contributed by atoms with Gasteiger partial charge in [-0.25, -0.2) is 22.5 Å². The second kappa shape index (κ2) is 12.2. The van der Waals surface area contributed by atoms with E-state index in [1.165, 1.54) is 29.2 Å². The van der Waals surface area contributed by atoms with Crippen LogP contribution in [-0.4, -0.2) is 92.8 Å². The molecule has 1 amide bonds. The first-order chi connectivity index (χ1) is 23.1. The van der Waals surface area contributed by atoms with Gasteiger partial charge in [0.2, 0.25) is 0 Å². The Morgan fingerprint density at radius 1 is 1.12 bits per heavy atom. The van der Waals surface area contributed by atoms with Crippen molar-refractivity contribution in [1.82, 2.24) is 24.8 Å². The number of piperazine rings is 1. The fourth-order valence-corrected chi connectivity index (χ4v) is 7.44. The molecule has 0 bridgehead atoms. The van der Waals surface area contributed by atoms with Crippen LogP contribution in [0.2, 0.25) is 0 Å². The Morgan fingerprint density at radius 2 is 1.96 bits per heavy atom. The van der Waals surface area contributed by atoms with Gasteiger partial charge in [-0.3, -0.25) is 9.69 Å². The third-order valence-electron chi connectivity index (χ3n) is 9.60. The number of anilines is 1. The van der Waals surface area contributed by atoms with Crippen molar-refractivity contribution >= 4 is 33.5 Å². The number of halogens is 4. The van der Waals surface area contributed by atoms with Crippen molar-refractivity contribution in [2.75, 3.05) is 44.2 Å². The van der Waals surface area contributed by atoms with E-state index >= 15 is 8.78 Å². The van der Waals surface area contributed by atoms with Crippen molar-refractivity contribution in [3.05, 3.63) is 60.4 Å². The molecular weight excluding hydrogens is 630 g/mol. The highest BCUT2D eigenvalue weighted by Crippen LogP contribution is 2.41. The van der Waals surface area contributed by atoms with Crippen molar-refractivity contribution in [2.24, 2.45) is 0 Å². The van der Waals surface area contributed by atoms with Gasteiger partial charge in [0.1, 0.15) is 41.7 Å². The first-order valence-electron chi connectivity index (χ1n) is 15.7. The second-order valence-corrected chi connectivity index (χ2v) is 12.6. The number of alkyl halides is 1. The van der Waals surface area contributed by atoms with Crippen molar-refractivity contribution in [2.45, 2.75) is 43.4 Å². The van der Waals surface area contributed by atoms with Crippen molar-refractivity contribution in [3.8, 4) is 29.1 Å². The molecule has 10 nitrogen and oxygen atoms in total. The number of aromatic hydroxyl groups is 1. The SMILES string of the molecule is C=C(F)C(=O)N1CCN(c2nc(OC[C@@]34CCCN3C[C@H](F)C4)nc3nc(-c4cc(O)cc5cccc(F)c45)c(F)cc23)C[C@@H]1CC#N. The summed E-state index contributed by atoms with van der Waals surface area (Å²) in [6.45, 7) is 4.48. The number of nitrogens with zero attached hydrogens (tertiary/aromatic N) is 7. The summed E-state index contributed by atoms with van der Waals surface area (Å²) in [7, 11) is 0. The number of carbonyl (C=O) groups is 1. The molecule has 0 unspecified atom stereocenters. The van der Waals surface area contributed by atoms with Crippen LogP contribution >= 0.6 is 0 Å². The predicted octanol–water partition coefficient (Wildman–Crippen LogP) is 5.20. The van der Waals surface area contributed by atoms with Gasteiger partial charge in [0, 0.05) is 43.5 Å². The van der Waals surface area contributed by atoms with Crippen LogP contribution in [0.3, 0.4) is 0 Å². The second-order valence-electron chi connectivity index (χ2n) is 12.6. The van der Waals surface area contributed by atoms with Gasteiger partial charge in [0.05, 0.1) is 29.5 Å². The van der Waals surface area contributed by atoms with E-state index in [-0.39, 0.29) is 77.9 Å². The minimum absolute atomic E-state index is 0.00211. The van der Waals surface area contributed by atoms with Crippen LogP contribution in [0.4, 0.5) is 23.4 Å². The minimum Gasteiger partial charge on any atom is -0.508 e. The molecule has 3 atom stereocenters. The predicted molar refractivity (Wildman–Crippen MR) is 169 cm³/mol. The molecule has 0 aliphatic carbocycles. The van der Waals surface area contributed by atoms with Crippen molar-refractivity contribution in [3.63, 3.8) is 0 Å².